The predicted molar refractivity (Wildman–Crippen MR) is 119 cm³/mol. The van der Waals surface area contributed by atoms with Gasteiger partial charge in [0.2, 0.25) is 0 Å². The molecular formula is C23H33PSi. The lowest BCUT2D eigenvalue weighted by molar-refractivity contribution is 0.833. The van der Waals surface area contributed by atoms with Gasteiger partial charge in [-0.1, -0.05) is 114 Å². The zero-order valence-electron chi connectivity index (χ0n) is 16.6. The maximum absolute atomic E-state index is 2.69. The Labute approximate surface area is 157 Å². The fraction of sp³-hybridized carbons (Fsp3) is 0.391. The summed E-state index contributed by atoms with van der Waals surface area (Å²) < 4.78 is 0. The van der Waals surface area contributed by atoms with Gasteiger partial charge in [-0.3, -0.25) is 0 Å². The minimum atomic E-state index is -1.52. The Kier molecular flexibility index (Phi) is 7.22. The summed E-state index contributed by atoms with van der Waals surface area (Å²) in [5.74, 6) is 2.58. The smallest absolute Gasteiger partial charge is 0.0854 e. The first-order chi connectivity index (χ1) is 11.9. The van der Waals surface area contributed by atoms with Gasteiger partial charge in [0.1, 0.15) is 0 Å². The van der Waals surface area contributed by atoms with Crippen LogP contribution in [0.4, 0.5) is 0 Å². The van der Waals surface area contributed by atoms with Crippen molar-refractivity contribution in [2.24, 2.45) is 0 Å². The molecule has 2 heteroatoms. The quantitative estimate of drug-likeness (QED) is 0.370. The monoisotopic (exact) mass is 368 g/mol. The van der Waals surface area contributed by atoms with E-state index in [0.717, 1.165) is 16.6 Å². The molecule has 0 saturated carbocycles. The van der Waals surface area contributed by atoms with E-state index in [1.165, 1.54) is 10.6 Å². The number of hydrogen-bond donors (Lipinski definition) is 0. The topological polar surface area (TPSA) is 0 Å². The summed E-state index contributed by atoms with van der Waals surface area (Å²) in [5.41, 5.74) is 4.96. The van der Waals surface area contributed by atoms with Crippen molar-refractivity contribution in [3.8, 4) is 0 Å². The highest BCUT2D eigenvalue weighted by molar-refractivity contribution is 7.75. The molecule has 0 N–H and O–H groups in total. The Hall–Kier alpha value is -1.17. The molecule has 0 bridgehead atoms. The molecule has 0 aliphatic carbocycles. The second kappa shape index (κ2) is 8.97. The molecule has 2 aromatic rings. The van der Waals surface area contributed by atoms with Crippen molar-refractivity contribution in [1.29, 1.82) is 0 Å². The van der Waals surface area contributed by atoms with E-state index in [-0.39, 0.29) is 0 Å². The minimum absolute atomic E-state index is 0.435. The molecule has 0 radical (unpaired) electrons. The molecule has 0 aliphatic rings. The van der Waals surface area contributed by atoms with Crippen molar-refractivity contribution in [3.05, 3.63) is 72.2 Å². The Morgan fingerprint density at radius 2 is 1.00 bits per heavy atom. The Morgan fingerprint density at radius 1 is 0.640 bits per heavy atom. The molecule has 25 heavy (non-hydrogen) atoms. The molecule has 0 aliphatic heterocycles. The van der Waals surface area contributed by atoms with Crippen molar-refractivity contribution in [2.45, 2.75) is 58.2 Å². The van der Waals surface area contributed by atoms with Gasteiger partial charge in [-0.05, 0) is 35.2 Å². The first kappa shape index (κ1) is 20.1. The van der Waals surface area contributed by atoms with Gasteiger partial charge in [0.05, 0.1) is 8.07 Å². The Bertz CT molecular complexity index is 598. The lowest BCUT2D eigenvalue weighted by Gasteiger charge is -2.41. The number of rotatable bonds is 7. The molecule has 0 spiro atoms. The summed E-state index contributed by atoms with van der Waals surface area (Å²) in [6, 6.07) is 22.0. The van der Waals surface area contributed by atoms with Crippen LogP contribution in [0, 0.1) is 0 Å². The predicted octanol–water partition coefficient (Wildman–Crippen LogP) is 6.85. The average Bonchev–Trinajstić information content (AvgIpc) is 2.59. The third-order valence-electron chi connectivity index (χ3n) is 5.58. The number of hydrogen-bond acceptors (Lipinski definition) is 0. The molecule has 0 heterocycles. The van der Waals surface area contributed by atoms with Crippen molar-refractivity contribution < 1.29 is 0 Å². The van der Waals surface area contributed by atoms with E-state index in [2.05, 4.69) is 114 Å². The van der Waals surface area contributed by atoms with Crippen LogP contribution >= 0.6 is 7.92 Å². The lowest BCUT2D eigenvalue weighted by Crippen LogP contribution is -2.42. The van der Waals surface area contributed by atoms with Crippen LogP contribution in [0.5, 0.6) is 0 Å². The standard InChI is InChI=1S/C23H33PSi/c1-19(2)25(20(3)4,21(5)6)18-17-24(22-13-9-7-10-14-22)23-15-11-8-12-16-23/h7-21H,1-6H3/b18-17-. The third-order valence-corrected chi connectivity index (χ3v) is 14.8. The molecule has 2 aromatic carbocycles. The average molecular weight is 369 g/mol. The van der Waals surface area contributed by atoms with Gasteiger partial charge in [0, 0.05) is 0 Å². The van der Waals surface area contributed by atoms with Crippen LogP contribution in [0.2, 0.25) is 16.6 Å². The largest absolute Gasteiger partial charge is 0.0924 e. The van der Waals surface area contributed by atoms with Gasteiger partial charge in [0.25, 0.3) is 0 Å². The van der Waals surface area contributed by atoms with Crippen molar-refractivity contribution in [1.82, 2.24) is 0 Å². The van der Waals surface area contributed by atoms with E-state index < -0.39 is 16.0 Å². The van der Waals surface area contributed by atoms with Crippen LogP contribution in [0.25, 0.3) is 0 Å². The van der Waals surface area contributed by atoms with Gasteiger partial charge in [-0.2, -0.15) is 0 Å². The van der Waals surface area contributed by atoms with Crippen LogP contribution in [-0.4, -0.2) is 8.07 Å². The molecule has 0 aromatic heterocycles. The van der Waals surface area contributed by atoms with Gasteiger partial charge in [-0.25, -0.2) is 0 Å². The Balaban J connectivity index is 2.50. The lowest BCUT2D eigenvalue weighted by atomic mass is 10.4. The first-order valence-electron chi connectivity index (χ1n) is 9.48. The van der Waals surface area contributed by atoms with Gasteiger partial charge in [-0.15, -0.1) is 0 Å². The van der Waals surface area contributed by atoms with E-state index in [9.17, 15) is 0 Å². The van der Waals surface area contributed by atoms with E-state index >= 15 is 0 Å². The highest BCUT2D eigenvalue weighted by Crippen LogP contribution is 2.45. The minimum Gasteiger partial charge on any atom is -0.0924 e. The molecule has 0 fully saturated rings. The highest BCUT2D eigenvalue weighted by Gasteiger charge is 2.40. The molecule has 134 valence electrons. The van der Waals surface area contributed by atoms with Crippen molar-refractivity contribution in [3.63, 3.8) is 0 Å². The SMILES string of the molecule is CC(C)[Si](/C=C\P(c1ccccc1)c1ccccc1)(C(C)C)C(C)C. The van der Waals surface area contributed by atoms with Crippen LogP contribution in [-0.2, 0) is 0 Å². The van der Waals surface area contributed by atoms with Crippen LogP contribution in [0.15, 0.2) is 72.2 Å². The van der Waals surface area contributed by atoms with Gasteiger partial charge >= 0.3 is 0 Å². The van der Waals surface area contributed by atoms with E-state index in [1.807, 2.05) is 0 Å². The fourth-order valence-corrected chi connectivity index (χ4v) is 12.7. The summed E-state index contributed by atoms with van der Waals surface area (Å²) in [5, 5.41) is 2.89. The molecular weight excluding hydrogens is 335 g/mol. The molecule has 0 nitrogen and oxygen atoms in total. The fourth-order valence-electron chi connectivity index (χ4n) is 4.28. The first-order valence-corrected chi connectivity index (χ1v) is 13.2. The molecule has 0 amide bonds. The second-order valence-electron chi connectivity index (χ2n) is 7.82. The molecule has 0 saturated heterocycles. The van der Waals surface area contributed by atoms with Gasteiger partial charge < -0.3 is 0 Å². The third kappa shape index (κ3) is 4.52. The zero-order chi connectivity index (χ0) is 18.4. The second-order valence-corrected chi connectivity index (χ2v) is 15.7. The normalized spacial score (nSPS) is 12.9. The molecule has 2 rings (SSSR count). The van der Waals surface area contributed by atoms with E-state index in [4.69, 9.17) is 0 Å². The highest BCUT2D eigenvalue weighted by atomic mass is 31.1. The summed E-state index contributed by atoms with van der Waals surface area (Å²) in [6.45, 7) is 14.6. The maximum atomic E-state index is 2.69. The number of benzene rings is 2. The summed E-state index contributed by atoms with van der Waals surface area (Å²) in [4.78, 5) is 0. The van der Waals surface area contributed by atoms with Crippen LogP contribution in [0.1, 0.15) is 41.5 Å². The summed E-state index contributed by atoms with van der Waals surface area (Å²) in [6.07, 6.45) is 0. The van der Waals surface area contributed by atoms with Gasteiger partial charge in [0.15, 0.2) is 0 Å². The van der Waals surface area contributed by atoms with Crippen LogP contribution in [0.3, 0.4) is 0 Å². The molecule has 0 atom stereocenters. The van der Waals surface area contributed by atoms with Crippen molar-refractivity contribution >= 4 is 26.6 Å². The van der Waals surface area contributed by atoms with E-state index in [0.29, 0.717) is 0 Å². The summed E-state index contributed by atoms with van der Waals surface area (Å²) in [7, 11) is -1.96. The van der Waals surface area contributed by atoms with E-state index in [1.54, 1.807) is 0 Å². The Morgan fingerprint density at radius 3 is 1.32 bits per heavy atom. The molecule has 0 unspecified atom stereocenters. The van der Waals surface area contributed by atoms with Crippen LogP contribution < -0.4 is 10.6 Å². The maximum Gasteiger partial charge on any atom is 0.0854 e. The zero-order valence-corrected chi connectivity index (χ0v) is 18.5. The van der Waals surface area contributed by atoms with Crippen molar-refractivity contribution in [2.75, 3.05) is 0 Å². The summed E-state index contributed by atoms with van der Waals surface area (Å²) >= 11 is 0.